The number of hydrogen-bond acceptors (Lipinski definition) is 2. The summed E-state index contributed by atoms with van der Waals surface area (Å²) in [4.78, 5) is 0. The summed E-state index contributed by atoms with van der Waals surface area (Å²) in [6, 6.07) is 3.08. The van der Waals surface area contributed by atoms with Crippen molar-refractivity contribution in [2.24, 2.45) is 5.92 Å². The molecule has 0 radical (unpaired) electrons. The molecule has 0 bridgehead atoms. The highest BCUT2D eigenvalue weighted by molar-refractivity contribution is 5.52. The first kappa shape index (κ1) is 8.09. The van der Waals surface area contributed by atoms with E-state index in [4.69, 9.17) is 9.47 Å². The van der Waals surface area contributed by atoms with Gasteiger partial charge in [-0.15, -0.1) is 0 Å². The third-order valence-corrected chi connectivity index (χ3v) is 3.06. The van der Waals surface area contributed by atoms with Gasteiger partial charge in [0.05, 0.1) is 13.7 Å². The molecule has 0 saturated heterocycles. The molecule has 74 valence electrons. The molecule has 1 aromatic rings. The molecule has 0 amide bonds. The molecule has 1 heterocycles. The average Bonchev–Trinajstić information content (AvgIpc) is 2.96. The van der Waals surface area contributed by atoms with E-state index in [1.807, 2.05) is 0 Å². The van der Waals surface area contributed by atoms with Crippen LogP contribution in [0, 0.1) is 11.7 Å². The lowest BCUT2D eigenvalue weighted by Crippen LogP contribution is -2.11. The fraction of sp³-hybridized carbons (Fsp3) is 0.455. The Morgan fingerprint density at radius 2 is 2.36 bits per heavy atom. The minimum Gasteiger partial charge on any atom is -0.493 e. The highest BCUT2D eigenvalue weighted by atomic mass is 19.1. The maximum Gasteiger partial charge on any atom is 0.167 e. The third-order valence-electron chi connectivity index (χ3n) is 3.06. The van der Waals surface area contributed by atoms with E-state index in [2.05, 4.69) is 0 Å². The highest BCUT2D eigenvalue weighted by Crippen LogP contribution is 2.56. The average molecular weight is 194 g/mol. The normalized spacial score (nSPS) is 27.3. The zero-order valence-electron chi connectivity index (χ0n) is 7.92. The molecule has 1 aliphatic heterocycles. The van der Waals surface area contributed by atoms with Gasteiger partial charge in [0.25, 0.3) is 0 Å². The first-order valence-electron chi connectivity index (χ1n) is 4.80. The summed E-state index contributed by atoms with van der Waals surface area (Å²) in [6.07, 6.45) is 1.05. The maximum atomic E-state index is 13.5. The van der Waals surface area contributed by atoms with Gasteiger partial charge in [0.15, 0.2) is 11.5 Å². The fourth-order valence-corrected chi connectivity index (χ4v) is 2.19. The molecule has 1 fully saturated rings. The fourth-order valence-electron chi connectivity index (χ4n) is 2.19. The quantitative estimate of drug-likeness (QED) is 0.683. The number of ether oxygens (including phenoxy) is 2. The van der Waals surface area contributed by atoms with E-state index in [-0.39, 0.29) is 5.82 Å². The predicted molar refractivity (Wildman–Crippen MR) is 49.3 cm³/mol. The molecule has 3 rings (SSSR count). The minimum absolute atomic E-state index is 0.159. The molecule has 2 aliphatic rings. The Kier molecular flexibility index (Phi) is 1.52. The van der Waals surface area contributed by atoms with Gasteiger partial charge in [0.1, 0.15) is 5.82 Å². The number of hydrogen-bond donors (Lipinski definition) is 0. The number of fused-ring (bicyclic) bond motifs is 3. The Hall–Kier alpha value is -1.25. The summed E-state index contributed by atoms with van der Waals surface area (Å²) in [5, 5.41) is 0. The van der Waals surface area contributed by atoms with Gasteiger partial charge in [-0.05, 0) is 24.5 Å². The Morgan fingerprint density at radius 1 is 1.50 bits per heavy atom. The predicted octanol–water partition coefficient (Wildman–Crippen LogP) is 2.33. The van der Waals surface area contributed by atoms with Gasteiger partial charge in [-0.2, -0.15) is 0 Å². The van der Waals surface area contributed by atoms with Crippen molar-refractivity contribution in [2.75, 3.05) is 13.7 Å². The summed E-state index contributed by atoms with van der Waals surface area (Å²) in [5.74, 6) is 2.00. The van der Waals surface area contributed by atoms with Crippen LogP contribution in [0.5, 0.6) is 11.5 Å². The Morgan fingerprint density at radius 3 is 3.14 bits per heavy atom. The van der Waals surface area contributed by atoms with Crippen LogP contribution in [0.2, 0.25) is 0 Å². The monoisotopic (exact) mass is 194 g/mol. The molecule has 1 aromatic carbocycles. The molecule has 1 aliphatic carbocycles. The minimum atomic E-state index is -0.159. The number of rotatable bonds is 1. The molecule has 1 saturated carbocycles. The van der Waals surface area contributed by atoms with Crippen molar-refractivity contribution >= 4 is 0 Å². The Balaban J connectivity index is 2.18. The van der Waals surface area contributed by atoms with E-state index < -0.39 is 0 Å². The van der Waals surface area contributed by atoms with Crippen LogP contribution in [0.4, 0.5) is 4.39 Å². The molecule has 0 spiro atoms. The smallest absolute Gasteiger partial charge is 0.167 e. The van der Waals surface area contributed by atoms with Gasteiger partial charge in [0.2, 0.25) is 0 Å². The van der Waals surface area contributed by atoms with Crippen LogP contribution in [0.15, 0.2) is 12.1 Å². The molecule has 2 nitrogen and oxygen atoms in total. The molecule has 14 heavy (non-hydrogen) atoms. The SMILES string of the molecule is COc1ccc(F)c2c1OC[C@@H]1C[C@H]21. The van der Waals surface area contributed by atoms with Crippen LogP contribution in [-0.2, 0) is 0 Å². The topological polar surface area (TPSA) is 18.5 Å². The molecule has 0 unspecified atom stereocenters. The van der Waals surface area contributed by atoms with Gasteiger partial charge < -0.3 is 9.47 Å². The maximum absolute atomic E-state index is 13.5. The van der Waals surface area contributed by atoms with E-state index in [0.29, 0.717) is 29.9 Å². The number of halogens is 1. The van der Waals surface area contributed by atoms with Crippen molar-refractivity contribution in [3.63, 3.8) is 0 Å². The lowest BCUT2D eigenvalue weighted by Gasteiger charge is -2.19. The van der Waals surface area contributed by atoms with Gasteiger partial charge in [-0.25, -0.2) is 4.39 Å². The van der Waals surface area contributed by atoms with Crippen LogP contribution < -0.4 is 9.47 Å². The first-order valence-corrected chi connectivity index (χ1v) is 4.80. The molecular formula is C11H11FO2. The summed E-state index contributed by atoms with van der Waals surface area (Å²) in [7, 11) is 1.58. The van der Waals surface area contributed by atoms with E-state index in [1.165, 1.54) is 6.07 Å². The van der Waals surface area contributed by atoms with Crippen LogP contribution in [0.25, 0.3) is 0 Å². The first-order chi connectivity index (χ1) is 6.81. The standard InChI is InChI=1S/C11H11FO2/c1-13-9-3-2-8(12)10-7-4-6(7)5-14-11(9)10/h2-3,6-7H,4-5H2,1H3/t6-,7-/m0/s1. The molecular weight excluding hydrogens is 183 g/mol. The lowest BCUT2D eigenvalue weighted by atomic mass is 10.0. The zero-order valence-corrected chi connectivity index (χ0v) is 7.92. The Labute approximate surface area is 81.6 Å². The van der Waals surface area contributed by atoms with Gasteiger partial charge in [0, 0.05) is 11.5 Å². The van der Waals surface area contributed by atoms with Crippen molar-refractivity contribution in [1.82, 2.24) is 0 Å². The molecule has 2 atom stereocenters. The summed E-state index contributed by atoms with van der Waals surface area (Å²) < 4.78 is 24.2. The number of methoxy groups -OCH3 is 1. The summed E-state index contributed by atoms with van der Waals surface area (Å²) in [5.41, 5.74) is 0.723. The van der Waals surface area contributed by atoms with Crippen LogP contribution in [0.3, 0.4) is 0 Å². The van der Waals surface area contributed by atoms with E-state index >= 15 is 0 Å². The van der Waals surface area contributed by atoms with E-state index in [9.17, 15) is 4.39 Å². The lowest BCUT2D eigenvalue weighted by molar-refractivity contribution is 0.258. The summed E-state index contributed by atoms with van der Waals surface area (Å²) in [6.45, 7) is 0.706. The number of benzene rings is 1. The van der Waals surface area contributed by atoms with Gasteiger partial charge in [-0.3, -0.25) is 0 Å². The van der Waals surface area contributed by atoms with Crippen molar-refractivity contribution in [1.29, 1.82) is 0 Å². The van der Waals surface area contributed by atoms with E-state index in [0.717, 1.165) is 12.0 Å². The summed E-state index contributed by atoms with van der Waals surface area (Å²) >= 11 is 0. The van der Waals surface area contributed by atoms with Crippen LogP contribution in [0.1, 0.15) is 17.9 Å². The second kappa shape index (κ2) is 2.62. The molecule has 0 N–H and O–H groups in total. The van der Waals surface area contributed by atoms with Crippen LogP contribution >= 0.6 is 0 Å². The molecule has 3 heteroatoms. The van der Waals surface area contributed by atoms with Crippen molar-refractivity contribution in [3.05, 3.63) is 23.5 Å². The van der Waals surface area contributed by atoms with Gasteiger partial charge >= 0.3 is 0 Å². The largest absolute Gasteiger partial charge is 0.493 e. The van der Waals surface area contributed by atoms with Crippen molar-refractivity contribution in [3.8, 4) is 11.5 Å². The second-order valence-electron chi connectivity index (χ2n) is 3.91. The molecule has 0 aromatic heterocycles. The second-order valence-corrected chi connectivity index (χ2v) is 3.91. The van der Waals surface area contributed by atoms with Gasteiger partial charge in [-0.1, -0.05) is 0 Å². The Bertz CT molecular complexity index is 389. The van der Waals surface area contributed by atoms with Crippen molar-refractivity contribution < 1.29 is 13.9 Å². The van der Waals surface area contributed by atoms with Crippen molar-refractivity contribution in [2.45, 2.75) is 12.3 Å². The zero-order chi connectivity index (χ0) is 9.71. The van der Waals surface area contributed by atoms with Crippen LogP contribution in [-0.4, -0.2) is 13.7 Å². The van der Waals surface area contributed by atoms with E-state index in [1.54, 1.807) is 13.2 Å². The third kappa shape index (κ3) is 0.953. The highest BCUT2D eigenvalue weighted by Gasteiger charge is 2.46.